The molecule has 11 aromatic rings. The van der Waals surface area contributed by atoms with Crippen molar-refractivity contribution in [2.75, 3.05) is 4.90 Å². The van der Waals surface area contributed by atoms with E-state index >= 15 is 0 Å². The quantitative estimate of drug-likeness (QED) is 0.173. The van der Waals surface area contributed by atoms with Crippen molar-refractivity contribution in [3.63, 3.8) is 0 Å². The number of fused-ring (bicyclic) bond motifs is 8. The van der Waals surface area contributed by atoms with E-state index in [1.807, 2.05) is 18.2 Å². The molecule has 0 bridgehead atoms. The van der Waals surface area contributed by atoms with Gasteiger partial charge in [-0.1, -0.05) is 146 Å². The largest absolute Gasteiger partial charge is 0.456 e. The Balaban J connectivity index is 1.19. The lowest BCUT2D eigenvalue weighted by Gasteiger charge is -2.26. The molecule has 0 aliphatic carbocycles. The number of hydrogen-bond acceptors (Lipinski definition) is 3. The first-order valence-electron chi connectivity index (χ1n) is 18.7. The zero-order valence-corrected chi connectivity index (χ0v) is 29.8. The second-order valence-corrected chi connectivity index (χ2v) is 14.1. The van der Waals surface area contributed by atoms with E-state index in [0.717, 1.165) is 72.1 Å². The van der Waals surface area contributed by atoms with Gasteiger partial charge in [-0.25, -0.2) is 0 Å². The summed E-state index contributed by atoms with van der Waals surface area (Å²) in [4.78, 5) is 2.32. The van der Waals surface area contributed by atoms with Gasteiger partial charge >= 0.3 is 0 Å². The van der Waals surface area contributed by atoms with Crippen LogP contribution in [0.25, 0.3) is 88.0 Å². The van der Waals surface area contributed by atoms with E-state index in [0.29, 0.717) is 0 Å². The van der Waals surface area contributed by atoms with Crippen LogP contribution in [0.4, 0.5) is 17.1 Å². The molecule has 0 saturated heterocycles. The molecule has 11 rings (SSSR count). The van der Waals surface area contributed by atoms with Gasteiger partial charge in [0.2, 0.25) is 0 Å². The summed E-state index contributed by atoms with van der Waals surface area (Å²) in [7, 11) is 0. The van der Waals surface area contributed by atoms with Gasteiger partial charge in [-0.15, -0.1) is 0 Å². The molecule has 0 aliphatic heterocycles. The van der Waals surface area contributed by atoms with E-state index in [-0.39, 0.29) is 0 Å². The number of nitrogens with zero attached hydrogens (tertiary/aromatic N) is 1. The summed E-state index contributed by atoms with van der Waals surface area (Å²) >= 11 is 0. The van der Waals surface area contributed by atoms with Gasteiger partial charge in [0.25, 0.3) is 0 Å². The summed E-state index contributed by atoms with van der Waals surface area (Å²) in [6.07, 6.45) is 0. The van der Waals surface area contributed by atoms with Gasteiger partial charge in [-0.05, 0) is 98.8 Å². The van der Waals surface area contributed by atoms with Crippen LogP contribution in [0.2, 0.25) is 0 Å². The molecule has 258 valence electrons. The first-order chi connectivity index (χ1) is 27.3. The molecule has 2 heterocycles. The Morgan fingerprint density at radius 3 is 1.55 bits per heavy atom. The predicted molar refractivity (Wildman–Crippen MR) is 229 cm³/mol. The number of para-hydroxylation sites is 1. The lowest BCUT2D eigenvalue weighted by Crippen LogP contribution is -2.10. The number of hydrogen-bond donors (Lipinski definition) is 0. The van der Waals surface area contributed by atoms with Crippen LogP contribution in [0, 0.1) is 0 Å². The molecule has 9 aromatic carbocycles. The lowest BCUT2D eigenvalue weighted by atomic mass is 9.94. The molecule has 0 unspecified atom stereocenters. The van der Waals surface area contributed by atoms with Gasteiger partial charge in [0, 0.05) is 32.9 Å². The topological polar surface area (TPSA) is 29.5 Å². The van der Waals surface area contributed by atoms with Crippen LogP contribution in [0.15, 0.2) is 209 Å². The molecule has 3 heteroatoms. The number of furan rings is 2. The van der Waals surface area contributed by atoms with E-state index < -0.39 is 0 Å². The fourth-order valence-corrected chi connectivity index (χ4v) is 8.23. The first kappa shape index (κ1) is 31.2. The van der Waals surface area contributed by atoms with Gasteiger partial charge < -0.3 is 13.7 Å². The van der Waals surface area contributed by atoms with Crippen molar-refractivity contribution in [3.05, 3.63) is 200 Å². The molecule has 3 nitrogen and oxygen atoms in total. The van der Waals surface area contributed by atoms with Crippen molar-refractivity contribution in [1.82, 2.24) is 0 Å². The summed E-state index contributed by atoms with van der Waals surface area (Å²) in [5.41, 5.74) is 13.3. The third-order valence-corrected chi connectivity index (χ3v) is 10.9. The third kappa shape index (κ3) is 5.20. The first-order valence-corrected chi connectivity index (χ1v) is 18.7. The van der Waals surface area contributed by atoms with Crippen molar-refractivity contribution < 1.29 is 8.83 Å². The number of benzene rings is 9. The highest BCUT2D eigenvalue weighted by Crippen LogP contribution is 2.49. The molecule has 0 saturated carbocycles. The minimum Gasteiger partial charge on any atom is -0.456 e. The van der Waals surface area contributed by atoms with Crippen LogP contribution >= 0.6 is 0 Å². The monoisotopic (exact) mass is 703 g/mol. The summed E-state index contributed by atoms with van der Waals surface area (Å²) in [5.74, 6) is 0. The molecule has 0 atom stereocenters. The molecular formula is C52H33NO2. The highest BCUT2D eigenvalue weighted by molar-refractivity contribution is 6.29. The maximum Gasteiger partial charge on any atom is 0.160 e. The Kier molecular flexibility index (Phi) is 7.17. The second kappa shape index (κ2) is 12.6. The van der Waals surface area contributed by atoms with E-state index in [1.54, 1.807) is 0 Å². The van der Waals surface area contributed by atoms with Crippen LogP contribution < -0.4 is 4.90 Å². The Labute approximate surface area is 317 Å². The maximum atomic E-state index is 7.09. The van der Waals surface area contributed by atoms with Crippen LogP contribution in [-0.2, 0) is 0 Å². The Bertz CT molecular complexity index is 3090. The summed E-state index contributed by atoms with van der Waals surface area (Å²) in [6.45, 7) is 0. The average molecular weight is 704 g/mol. The molecule has 0 amide bonds. The molecule has 0 fully saturated rings. The average Bonchev–Trinajstić information content (AvgIpc) is 3.84. The van der Waals surface area contributed by atoms with Gasteiger partial charge in [0.05, 0.1) is 5.69 Å². The summed E-state index contributed by atoms with van der Waals surface area (Å²) < 4.78 is 13.5. The highest BCUT2D eigenvalue weighted by atomic mass is 16.3. The van der Waals surface area contributed by atoms with Crippen LogP contribution in [0.1, 0.15) is 0 Å². The number of anilines is 3. The zero-order chi connectivity index (χ0) is 36.3. The molecule has 2 aromatic heterocycles. The zero-order valence-electron chi connectivity index (χ0n) is 29.8. The standard InChI is InChI=1S/C52H33NO2/c1-3-11-34(12-4-1)37-21-25-41(26-22-37)53(42-27-23-38(24-28-42)35-13-5-2-6-14-35)45-30-29-43(40-20-19-36-15-7-8-16-39(36)33-40)50-51-48(55-52(45)50)32-31-47-49(51)44-17-9-10-18-46(44)54-47/h1-33H. The van der Waals surface area contributed by atoms with Gasteiger partial charge in [-0.2, -0.15) is 0 Å². The molecule has 0 spiro atoms. The molecule has 0 N–H and O–H groups in total. The number of rotatable bonds is 6. The van der Waals surface area contributed by atoms with Crippen LogP contribution in [0.5, 0.6) is 0 Å². The normalized spacial score (nSPS) is 11.6. The molecule has 0 aliphatic rings. The lowest BCUT2D eigenvalue weighted by molar-refractivity contribution is 0.663. The van der Waals surface area contributed by atoms with Crippen molar-refractivity contribution in [1.29, 1.82) is 0 Å². The summed E-state index contributed by atoms with van der Waals surface area (Å²) in [6, 6.07) is 70.8. The SMILES string of the molecule is c1ccc(-c2ccc(N(c3ccc(-c4ccccc4)cc3)c3ccc(-c4ccc5ccccc5c4)c4c3oc3ccc5oc6ccccc6c5c34)cc2)cc1. The van der Waals surface area contributed by atoms with E-state index in [4.69, 9.17) is 8.83 Å². The van der Waals surface area contributed by atoms with E-state index in [1.165, 1.54) is 33.0 Å². The second-order valence-electron chi connectivity index (χ2n) is 14.1. The van der Waals surface area contributed by atoms with Gasteiger partial charge in [-0.3, -0.25) is 0 Å². The van der Waals surface area contributed by atoms with Crippen molar-refractivity contribution in [2.24, 2.45) is 0 Å². The fourth-order valence-electron chi connectivity index (χ4n) is 8.23. The highest BCUT2D eigenvalue weighted by Gasteiger charge is 2.25. The van der Waals surface area contributed by atoms with E-state index in [9.17, 15) is 0 Å². The minimum absolute atomic E-state index is 0.817. The van der Waals surface area contributed by atoms with Crippen molar-refractivity contribution in [3.8, 4) is 33.4 Å². The Hall–Kier alpha value is -7.36. The Morgan fingerprint density at radius 2 is 0.873 bits per heavy atom. The van der Waals surface area contributed by atoms with Crippen LogP contribution in [0.3, 0.4) is 0 Å². The van der Waals surface area contributed by atoms with Crippen LogP contribution in [-0.4, -0.2) is 0 Å². The van der Waals surface area contributed by atoms with E-state index in [2.05, 4.69) is 187 Å². The molecular weight excluding hydrogens is 671 g/mol. The Morgan fingerprint density at radius 1 is 0.327 bits per heavy atom. The summed E-state index contributed by atoms with van der Waals surface area (Å²) in [5, 5.41) is 6.67. The predicted octanol–water partition coefficient (Wildman–Crippen LogP) is 15.1. The van der Waals surface area contributed by atoms with Gasteiger partial charge in [0.15, 0.2) is 5.58 Å². The maximum absolute atomic E-state index is 7.09. The fraction of sp³-hybridized carbons (Fsp3) is 0. The van der Waals surface area contributed by atoms with Crippen molar-refractivity contribution in [2.45, 2.75) is 0 Å². The van der Waals surface area contributed by atoms with Crippen molar-refractivity contribution >= 4 is 71.7 Å². The minimum atomic E-state index is 0.817. The molecule has 55 heavy (non-hydrogen) atoms. The molecule has 0 radical (unpaired) electrons. The third-order valence-electron chi connectivity index (χ3n) is 10.9. The van der Waals surface area contributed by atoms with Gasteiger partial charge in [0.1, 0.15) is 16.7 Å². The smallest absolute Gasteiger partial charge is 0.160 e.